The number of methoxy groups -OCH3 is 1. The minimum absolute atomic E-state index is 0.0604. The highest BCUT2D eigenvalue weighted by atomic mass is 17.1. The van der Waals surface area contributed by atoms with Gasteiger partial charge in [0.15, 0.2) is 0 Å². The molecule has 1 aromatic rings. The van der Waals surface area contributed by atoms with Gasteiger partial charge in [-0.3, -0.25) is 9.68 Å². The first-order chi connectivity index (χ1) is 6.69. The van der Waals surface area contributed by atoms with Crippen molar-refractivity contribution in [1.29, 1.82) is 0 Å². The number of benzene rings is 1. The van der Waals surface area contributed by atoms with E-state index in [0.29, 0.717) is 5.75 Å². The van der Waals surface area contributed by atoms with Crippen LogP contribution in [0, 0.1) is 0 Å². The molecule has 0 aliphatic rings. The van der Waals surface area contributed by atoms with E-state index in [4.69, 9.17) is 4.74 Å². The predicted molar refractivity (Wildman–Crippen MR) is 44.1 cm³/mol. The zero-order valence-electron chi connectivity index (χ0n) is 7.35. The molecule has 0 N–H and O–H groups in total. The van der Waals surface area contributed by atoms with Gasteiger partial charge in [-0.25, -0.2) is 4.79 Å². The van der Waals surface area contributed by atoms with Crippen LogP contribution in [0.3, 0.4) is 0 Å². The van der Waals surface area contributed by atoms with E-state index in [0.717, 1.165) is 0 Å². The second kappa shape index (κ2) is 4.38. The quantitative estimate of drug-likeness (QED) is 0.309. The smallest absolute Gasteiger partial charge is 0.416 e. The maximum absolute atomic E-state index is 11.1. The molecule has 0 aromatic heterocycles. The number of Topliss-reactive ketones (excluding diaryl/α,β-unsaturated/α-hetero) is 1. The fraction of sp³-hybridized carbons (Fsp3) is 0.111. The van der Waals surface area contributed by atoms with Gasteiger partial charge < -0.3 is 4.74 Å². The average Bonchev–Trinajstić information content (AvgIpc) is 2.27. The van der Waals surface area contributed by atoms with Gasteiger partial charge in [0.05, 0.1) is 7.11 Å². The lowest BCUT2D eigenvalue weighted by Gasteiger charge is -2.00. The van der Waals surface area contributed by atoms with Gasteiger partial charge in [0, 0.05) is 10.8 Å². The molecule has 1 radical (unpaired) electrons. The Hall–Kier alpha value is -1.88. The lowest BCUT2D eigenvalue weighted by Crippen LogP contribution is -2.15. The highest BCUT2D eigenvalue weighted by molar-refractivity contribution is 6.40. The third kappa shape index (κ3) is 2.08. The normalized spacial score (nSPS) is 9.29. The van der Waals surface area contributed by atoms with E-state index in [1.807, 2.05) is 0 Å². The maximum Gasteiger partial charge on any atom is 0.416 e. The first-order valence-corrected chi connectivity index (χ1v) is 3.71. The number of ether oxygens (including phenoxy) is 1. The predicted octanol–water partition coefficient (Wildman–Crippen LogP) is 0.767. The van der Waals surface area contributed by atoms with E-state index in [-0.39, 0.29) is 5.56 Å². The van der Waals surface area contributed by atoms with E-state index in [9.17, 15) is 14.8 Å². The summed E-state index contributed by atoms with van der Waals surface area (Å²) in [4.78, 5) is 24.8. The molecule has 73 valence electrons. The molecule has 1 aromatic carbocycles. The summed E-state index contributed by atoms with van der Waals surface area (Å²) in [5.74, 6) is -1.99. The van der Waals surface area contributed by atoms with Crippen molar-refractivity contribution in [2.75, 3.05) is 7.11 Å². The van der Waals surface area contributed by atoms with Crippen molar-refractivity contribution in [3.05, 3.63) is 29.8 Å². The average molecular weight is 195 g/mol. The number of hydrogen-bond donors (Lipinski definition) is 0. The van der Waals surface area contributed by atoms with Crippen molar-refractivity contribution in [1.82, 2.24) is 0 Å². The molecule has 0 heterocycles. The lowest BCUT2D eigenvalue weighted by molar-refractivity contribution is -0.272. The van der Waals surface area contributed by atoms with Crippen LogP contribution < -0.4 is 4.74 Å². The molecule has 0 fully saturated rings. The molecule has 0 spiro atoms. The standard InChI is InChI=1S/C9H7O5/c1-13-7-4-2-3-6(5-7)8(10)9(11)14-12/h2-5H,1H3. The first-order valence-electron chi connectivity index (χ1n) is 3.71. The fourth-order valence-corrected chi connectivity index (χ4v) is 0.920. The monoisotopic (exact) mass is 195 g/mol. The summed E-state index contributed by atoms with van der Waals surface area (Å²) in [7, 11) is 1.43. The summed E-state index contributed by atoms with van der Waals surface area (Å²) in [6.07, 6.45) is 0. The Morgan fingerprint density at radius 3 is 2.57 bits per heavy atom. The van der Waals surface area contributed by atoms with E-state index in [1.165, 1.54) is 25.3 Å². The van der Waals surface area contributed by atoms with Crippen LogP contribution in [0.5, 0.6) is 5.75 Å². The summed E-state index contributed by atoms with van der Waals surface area (Å²) < 4.78 is 4.84. The summed E-state index contributed by atoms with van der Waals surface area (Å²) in [6.45, 7) is 0. The minimum atomic E-state index is -1.43. The second-order valence-electron chi connectivity index (χ2n) is 2.43. The molecule has 0 amide bonds. The lowest BCUT2D eigenvalue weighted by atomic mass is 10.1. The number of hydrogen-bond acceptors (Lipinski definition) is 4. The van der Waals surface area contributed by atoms with Crippen LogP contribution in [0.15, 0.2) is 24.3 Å². The van der Waals surface area contributed by atoms with Crippen LogP contribution in [-0.2, 0) is 14.9 Å². The molecule has 0 bridgehead atoms. The van der Waals surface area contributed by atoms with Gasteiger partial charge in [-0.05, 0) is 12.1 Å². The number of rotatable bonds is 3. The summed E-state index contributed by atoms with van der Waals surface area (Å²) in [5.41, 5.74) is 0.0604. The molecule has 5 nitrogen and oxygen atoms in total. The van der Waals surface area contributed by atoms with Gasteiger partial charge >= 0.3 is 5.97 Å². The summed E-state index contributed by atoms with van der Waals surface area (Å²) >= 11 is 0. The Kier molecular flexibility index (Phi) is 3.19. The van der Waals surface area contributed by atoms with Gasteiger partial charge in [-0.2, -0.15) is 0 Å². The molecule has 1 rings (SSSR count). The van der Waals surface area contributed by atoms with Crippen molar-refractivity contribution in [3.8, 4) is 5.75 Å². The molecular weight excluding hydrogens is 188 g/mol. The van der Waals surface area contributed by atoms with Gasteiger partial charge in [0.25, 0.3) is 5.78 Å². The molecule has 14 heavy (non-hydrogen) atoms. The van der Waals surface area contributed by atoms with Gasteiger partial charge in [0.2, 0.25) is 0 Å². The first kappa shape index (κ1) is 10.2. The van der Waals surface area contributed by atoms with Crippen LogP contribution >= 0.6 is 0 Å². The topological polar surface area (TPSA) is 72.5 Å². The van der Waals surface area contributed by atoms with Crippen LogP contribution in [0.1, 0.15) is 10.4 Å². The van der Waals surface area contributed by atoms with Crippen LogP contribution in [0.4, 0.5) is 0 Å². The third-order valence-corrected chi connectivity index (χ3v) is 1.59. The maximum atomic E-state index is 11.1. The van der Waals surface area contributed by atoms with Crippen LogP contribution in [0.2, 0.25) is 0 Å². The minimum Gasteiger partial charge on any atom is -0.497 e. The molecule has 0 unspecified atom stereocenters. The Morgan fingerprint density at radius 2 is 2.00 bits per heavy atom. The van der Waals surface area contributed by atoms with Gasteiger partial charge in [0.1, 0.15) is 5.75 Å². The van der Waals surface area contributed by atoms with E-state index >= 15 is 0 Å². The zero-order chi connectivity index (χ0) is 10.6. The second-order valence-corrected chi connectivity index (χ2v) is 2.43. The van der Waals surface area contributed by atoms with Crippen LogP contribution in [-0.4, -0.2) is 18.9 Å². The van der Waals surface area contributed by atoms with Gasteiger partial charge in [-0.1, -0.05) is 12.1 Å². The Balaban J connectivity index is 2.95. The SMILES string of the molecule is COc1cccc(C(=O)C(=O)O[O])c1. The molecule has 0 saturated carbocycles. The van der Waals surface area contributed by atoms with Crippen molar-refractivity contribution < 1.29 is 24.5 Å². The number of carbonyl (C=O) groups is 2. The molecule has 0 aliphatic heterocycles. The molecule has 0 atom stereocenters. The zero-order valence-corrected chi connectivity index (χ0v) is 7.35. The molecule has 0 aliphatic carbocycles. The Labute approximate surface area is 79.8 Å². The van der Waals surface area contributed by atoms with Crippen molar-refractivity contribution in [3.63, 3.8) is 0 Å². The summed E-state index contributed by atoms with van der Waals surface area (Å²) in [6, 6.07) is 5.88. The number of carbonyl (C=O) groups excluding carboxylic acids is 2. The summed E-state index contributed by atoms with van der Waals surface area (Å²) in [5, 5.41) is 9.70. The van der Waals surface area contributed by atoms with Crippen molar-refractivity contribution in [2.24, 2.45) is 0 Å². The Bertz CT molecular complexity index is 358. The highest BCUT2D eigenvalue weighted by Gasteiger charge is 2.18. The van der Waals surface area contributed by atoms with Gasteiger partial charge in [-0.15, -0.1) is 0 Å². The Morgan fingerprint density at radius 1 is 1.29 bits per heavy atom. The highest BCUT2D eigenvalue weighted by Crippen LogP contribution is 2.13. The van der Waals surface area contributed by atoms with Crippen LogP contribution in [0.25, 0.3) is 0 Å². The van der Waals surface area contributed by atoms with Crippen molar-refractivity contribution in [2.45, 2.75) is 0 Å². The fourth-order valence-electron chi connectivity index (χ4n) is 0.920. The van der Waals surface area contributed by atoms with E-state index < -0.39 is 11.8 Å². The van der Waals surface area contributed by atoms with E-state index in [1.54, 1.807) is 6.07 Å². The molecule has 0 saturated heterocycles. The van der Waals surface area contributed by atoms with Crippen molar-refractivity contribution >= 4 is 11.8 Å². The number of ketones is 1. The third-order valence-electron chi connectivity index (χ3n) is 1.59. The largest absolute Gasteiger partial charge is 0.497 e. The molecular formula is C9H7O5. The molecule has 5 heteroatoms. The van der Waals surface area contributed by atoms with E-state index in [2.05, 4.69) is 4.89 Å².